The minimum absolute atomic E-state index is 0.00639. The molecule has 2 aliphatic rings. The van der Waals surface area contributed by atoms with E-state index in [-0.39, 0.29) is 5.78 Å². The van der Waals surface area contributed by atoms with Gasteiger partial charge >= 0.3 is 11.3 Å². The summed E-state index contributed by atoms with van der Waals surface area (Å²) < 4.78 is 17.2. The number of hydrogen-bond donors (Lipinski definition) is 0. The fourth-order valence-corrected chi connectivity index (χ4v) is 5.36. The Morgan fingerprint density at radius 1 is 0.824 bits per heavy atom. The molecular weight excluding hydrogens is 456 g/mol. The van der Waals surface area contributed by atoms with Crippen molar-refractivity contribution in [3.8, 4) is 0 Å². The van der Waals surface area contributed by atoms with Crippen molar-refractivity contribution in [2.45, 2.75) is 38.2 Å². The van der Waals surface area contributed by atoms with Gasteiger partial charge in [0.2, 0.25) is 0 Å². The maximum atomic E-state index is 13.2. The zero-order valence-corrected chi connectivity index (χ0v) is 19.0. The molecule has 0 spiro atoms. The van der Waals surface area contributed by atoms with Gasteiger partial charge in [-0.1, -0.05) is 23.2 Å². The normalized spacial score (nSPS) is 20.1. The van der Waals surface area contributed by atoms with Crippen molar-refractivity contribution in [1.82, 2.24) is 0 Å². The Kier molecular flexibility index (Phi) is 4.74. The number of aryl methyl sites for hydroxylation is 1. The van der Waals surface area contributed by atoms with Crippen LogP contribution >= 0.6 is 11.6 Å². The molecule has 6 rings (SSSR count). The smallest absolute Gasteiger partial charge is 0.336 e. The molecule has 170 valence electrons. The zero-order chi connectivity index (χ0) is 23.6. The van der Waals surface area contributed by atoms with Crippen molar-refractivity contribution in [3.05, 3.63) is 102 Å². The molecule has 7 heteroatoms. The van der Waals surface area contributed by atoms with Crippen LogP contribution in [0.1, 0.15) is 48.0 Å². The Bertz CT molecular complexity index is 1660. The van der Waals surface area contributed by atoms with Crippen molar-refractivity contribution in [1.29, 1.82) is 0 Å². The lowest BCUT2D eigenvalue weighted by Crippen LogP contribution is -2.19. The van der Waals surface area contributed by atoms with Crippen molar-refractivity contribution >= 4 is 39.3 Å². The Morgan fingerprint density at radius 2 is 1.50 bits per heavy atom. The van der Waals surface area contributed by atoms with Crippen molar-refractivity contribution in [2.75, 3.05) is 0 Å². The van der Waals surface area contributed by atoms with Gasteiger partial charge in [0, 0.05) is 51.9 Å². The summed E-state index contributed by atoms with van der Waals surface area (Å²) in [5.74, 6) is 0.0250. The number of rotatable bonds is 2. The van der Waals surface area contributed by atoms with Gasteiger partial charge in [0.15, 0.2) is 5.78 Å². The number of ketones is 1. The van der Waals surface area contributed by atoms with Crippen molar-refractivity contribution < 1.29 is 18.4 Å². The number of Topliss-reactive ketones (excluding diaryl/α,β-unsaturated/α-hetero) is 1. The van der Waals surface area contributed by atoms with Crippen LogP contribution in [0.15, 0.2) is 78.3 Å². The molecular formula is C27H19ClO6. The van der Waals surface area contributed by atoms with Crippen LogP contribution < -0.4 is 11.3 Å². The molecule has 2 aromatic carbocycles. The average molecular weight is 475 g/mol. The summed E-state index contributed by atoms with van der Waals surface area (Å²) >= 11 is 6.27. The maximum Gasteiger partial charge on any atom is 0.336 e. The first-order valence-corrected chi connectivity index (χ1v) is 11.5. The molecule has 0 radical (unpaired) electrons. The second kappa shape index (κ2) is 7.71. The highest BCUT2D eigenvalue weighted by Crippen LogP contribution is 2.52. The van der Waals surface area contributed by atoms with Gasteiger partial charge in [-0.2, -0.15) is 0 Å². The average Bonchev–Trinajstić information content (AvgIpc) is 3.19. The van der Waals surface area contributed by atoms with Gasteiger partial charge in [-0.3, -0.25) is 4.79 Å². The number of fused-ring (bicyclic) bond motifs is 2. The summed E-state index contributed by atoms with van der Waals surface area (Å²) in [6.45, 7) is 1.95. The van der Waals surface area contributed by atoms with Gasteiger partial charge in [0.25, 0.3) is 0 Å². The molecule has 1 aliphatic carbocycles. The van der Waals surface area contributed by atoms with E-state index in [0.29, 0.717) is 63.3 Å². The van der Waals surface area contributed by atoms with Crippen LogP contribution in [0.2, 0.25) is 5.02 Å². The van der Waals surface area contributed by atoms with Gasteiger partial charge in [-0.25, -0.2) is 9.59 Å². The van der Waals surface area contributed by atoms with Gasteiger partial charge in [-0.05, 0) is 49.2 Å². The van der Waals surface area contributed by atoms with Gasteiger partial charge in [-0.15, -0.1) is 0 Å². The molecule has 3 heterocycles. The van der Waals surface area contributed by atoms with E-state index in [9.17, 15) is 14.4 Å². The first kappa shape index (κ1) is 20.9. The molecule has 4 aromatic rings. The Labute approximate surface area is 198 Å². The molecule has 0 bridgehead atoms. The number of halogens is 1. The van der Waals surface area contributed by atoms with Gasteiger partial charge in [0.05, 0.1) is 5.92 Å². The SMILES string of the molecule is Cc1ccc2oc(=O)cc(C3C4=C(CCCC4=O)OC3c3cc(=O)oc4ccc(Cl)cc34)c2c1. The van der Waals surface area contributed by atoms with Gasteiger partial charge in [0.1, 0.15) is 23.0 Å². The lowest BCUT2D eigenvalue weighted by Gasteiger charge is -2.23. The van der Waals surface area contributed by atoms with Crippen molar-refractivity contribution in [3.63, 3.8) is 0 Å². The van der Waals surface area contributed by atoms with E-state index in [1.165, 1.54) is 12.1 Å². The van der Waals surface area contributed by atoms with E-state index in [2.05, 4.69) is 0 Å². The Morgan fingerprint density at radius 3 is 2.26 bits per heavy atom. The van der Waals surface area contributed by atoms with Crippen molar-refractivity contribution in [2.24, 2.45) is 0 Å². The highest BCUT2D eigenvalue weighted by molar-refractivity contribution is 6.31. The Balaban J connectivity index is 1.67. The number of carbonyl (C=O) groups is 1. The lowest BCUT2D eigenvalue weighted by atomic mass is 9.78. The first-order valence-electron chi connectivity index (χ1n) is 11.1. The van der Waals surface area contributed by atoms with E-state index in [4.69, 9.17) is 25.2 Å². The molecule has 0 saturated heterocycles. The highest BCUT2D eigenvalue weighted by Gasteiger charge is 2.44. The summed E-state index contributed by atoms with van der Waals surface area (Å²) in [7, 11) is 0. The molecule has 2 atom stereocenters. The molecule has 2 unspecified atom stereocenters. The maximum absolute atomic E-state index is 13.2. The zero-order valence-electron chi connectivity index (χ0n) is 18.2. The summed E-state index contributed by atoms with van der Waals surface area (Å²) in [6.07, 6.45) is 1.01. The van der Waals surface area contributed by atoms with Crippen LogP contribution in [-0.4, -0.2) is 5.78 Å². The number of allylic oxidation sites excluding steroid dienone is 1. The third-order valence-corrected chi connectivity index (χ3v) is 6.83. The van der Waals surface area contributed by atoms with Gasteiger partial charge < -0.3 is 13.6 Å². The predicted molar refractivity (Wildman–Crippen MR) is 127 cm³/mol. The number of benzene rings is 2. The van der Waals surface area contributed by atoms with E-state index in [1.807, 2.05) is 19.1 Å². The van der Waals surface area contributed by atoms with E-state index in [0.717, 1.165) is 10.9 Å². The van der Waals surface area contributed by atoms with Crippen LogP contribution in [0.4, 0.5) is 0 Å². The van der Waals surface area contributed by atoms with Crippen LogP contribution in [0.25, 0.3) is 21.9 Å². The minimum Gasteiger partial charge on any atom is -0.489 e. The Hall–Kier alpha value is -3.64. The number of carbonyl (C=O) groups excluding carboxylic acids is 1. The third kappa shape index (κ3) is 3.29. The second-order valence-corrected chi connectivity index (χ2v) is 9.25. The summed E-state index contributed by atoms with van der Waals surface area (Å²) in [5.41, 5.74) is 2.52. The summed E-state index contributed by atoms with van der Waals surface area (Å²) in [6, 6.07) is 13.4. The quantitative estimate of drug-likeness (QED) is 0.345. The summed E-state index contributed by atoms with van der Waals surface area (Å²) in [4.78, 5) is 38.2. The minimum atomic E-state index is -0.706. The van der Waals surface area contributed by atoms with E-state index < -0.39 is 23.3 Å². The summed E-state index contributed by atoms with van der Waals surface area (Å²) in [5, 5.41) is 1.83. The number of ether oxygens (including phenoxy) is 1. The largest absolute Gasteiger partial charge is 0.489 e. The fraction of sp³-hybridized carbons (Fsp3) is 0.222. The topological polar surface area (TPSA) is 86.7 Å². The van der Waals surface area contributed by atoms with Crippen LogP contribution in [0.3, 0.4) is 0 Å². The fourth-order valence-electron chi connectivity index (χ4n) is 5.19. The van der Waals surface area contributed by atoms with E-state index in [1.54, 1.807) is 24.3 Å². The molecule has 34 heavy (non-hydrogen) atoms. The van der Waals surface area contributed by atoms with E-state index >= 15 is 0 Å². The standard InChI is InChI=1S/C27H19ClO6/c1-13-5-7-20-15(9-13)17(11-23(30)32-20)25-26-19(29)3-2-4-22(26)34-27(25)18-12-24(31)33-21-8-6-14(28)10-16(18)21/h5-12,25,27H,2-4H2,1H3. The molecule has 0 N–H and O–H groups in total. The molecule has 0 saturated carbocycles. The second-order valence-electron chi connectivity index (χ2n) is 8.81. The van der Waals surface area contributed by atoms with Crippen LogP contribution in [0.5, 0.6) is 0 Å². The molecule has 0 amide bonds. The lowest BCUT2D eigenvalue weighted by molar-refractivity contribution is -0.116. The molecule has 1 aliphatic heterocycles. The number of hydrogen-bond acceptors (Lipinski definition) is 6. The van der Waals surface area contributed by atoms with Crippen LogP contribution in [-0.2, 0) is 9.53 Å². The molecule has 6 nitrogen and oxygen atoms in total. The monoisotopic (exact) mass is 474 g/mol. The predicted octanol–water partition coefficient (Wildman–Crippen LogP) is 5.72. The third-order valence-electron chi connectivity index (χ3n) is 6.60. The molecule has 0 fully saturated rings. The van der Waals surface area contributed by atoms with Crippen LogP contribution in [0, 0.1) is 6.92 Å². The molecule has 2 aromatic heterocycles. The first-order chi connectivity index (χ1) is 16.4. The highest BCUT2D eigenvalue weighted by atomic mass is 35.5.